The highest BCUT2D eigenvalue weighted by atomic mass is 16.3. The molecule has 1 aromatic heterocycles. The largest absolute Gasteiger partial charge is 0.390 e. The molecule has 4 heteroatoms. The van der Waals surface area contributed by atoms with Crippen LogP contribution in [-0.4, -0.2) is 39.4 Å². The van der Waals surface area contributed by atoms with Crippen LogP contribution >= 0.6 is 0 Å². The zero-order valence-corrected chi connectivity index (χ0v) is 6.20. The second-order valence-electron chi connectivity index (χ2n) is 2.93. The van der Waals surface area contributed by atoms with Crippen molar-refractivity contribution in [1.82, 2.24) is 15.1 Å². The molecule has 0 unspecified atom stereocenters. The van der Waals surface area contributed by atoms with Gasteiger partial charge in [0.15, 0.2) is 0 Å². The van der Waals surface area contributed by atoms with Crippen LogP contribution in [0.1, 0.15) is 5.69 Å². The number of H-pyrrole nitrogens is 1. The minimum Gasteiger partial charge on any atom is -0.390 e. The van der Waals surface area contributed by atoms with Gasteiger partial charge in [0.2, 0.25) is 0 Å². The Morgan fingerprint density at radius 1 is 1.73 bits per heavy atom. The van der Waals surface area contributed by atoms with Gasteiger partial charge in [0.05, 0.1) is 6.10 Å². The Balaban J connectivity index is 1.84. The first-order valence-electron chi connectivity index (χ1n) is 3.73. The van der Waals surface area contributed by atoms with E-state index in [1.165, 1.54) is 0 Å². The van der Waals surface area contributed by atoms with Crippen molar-refractivity contribution in [2.45, 2.75) is 12.6 Å². The fourth-order valence-electron chi connectivity index (χ4n) is 1.29. The Morgan fingerprint density at radius 3 is 3.09 bits per heavy atom. The van der Waals surface area contributed by atoms with Gasteiger partial charge in [0, 0.05) is 31.5 Å². The van der Waals surface area contributed by atoms with Crippen LogP contribution in [0.2, 0.25) is 0 Å². The normalized spacial score (nSPS) is 20.1. The van der Waals surface area contributed by atoms with Gasteiger partial charge in [-0.2, -0.15) is 5.10 Å². The highest BCUT2D eigenvalue weighted by Gasteiger charge is 2.23. The van der Waals surface area contributed by atoms with Gasteiger partial charge >= 0.3 is 0 Å². The van der Waals surface area contributed by atoms with E-state index in [1.54, 1.807) is 6.20 Å². The van der Waals surface area contributed by atoms with Crippen molar-refractivity contribution in [2.75, 3.05) is 13.1 Å². The Bertz CT molecular complexity index is 216. The minimum absolute atomic E-state index is 0.113. The predicted octanol–water partition coefficient (Wildman–Crippen LogP) is -0.414. The van der Waals surface area contributed by atoms with E-state index in [1.807, 2.05) is 6.07 Å². The molecule has 0 aromatic carbocycles. The van der Waals surface area contributed by atoms with Gasteiger partial charge in [-0.3, -0.25) is 10.00 Å². The number of nitrogens with zero attached hydrogens (tertiary/aromatic N) is 2. The van der Waals surface area contributed by atoms with E-state index in [0.717, 1.165) is 25.3 Å². The number of aliphatic hydroxyl groups is 1. The first kappa shape index (κ1) is 6.82. The number of aromatic amines is 1. The molecular weight excluding hydrogens is 142 g/mol. The lowest BCUT2D eigenvalue weighted by Gasteiger charge is -2.35. The zero-order chi connectivity index (χ0) is 7.68. The molecule has 0 radical (unpaired) electrons. The molecule has 0 amide bonds. The van der Waals surface area contributed by atoms with E-state index >= 15 is 0 Å². The molecule has 60 valence electrons. The molecular formula is C7H11N3O. The molecule has 0 spiro atoms. The maximum atomic E-state index is 8.98. The van der Waals surface area contributed by atoms with E-state index in [9.17, 15) is 0 Å². The van der Waals surface area contributed by atoms with Gasteiger partial charge in [-0.25, -0.2) is 0 Å². The number of likely N-dealkylation sites (tertiary alicyclic amines) is 1. The van der Waals surface area contributed by atoms with Gasteiger partial charge in [-0.15, -0.1) is 0 Å². The summed E-state index contributed by atoms with van der Waals surface area (Å²) in [5.41, 5.74) is 1.11. The number of rotatable bonds is 2. The van der Waals surface area contributed by atoms with Gasteiger partial charge in [-0.1, -0.05) is 0 Å². The van der Waals surface area contributed by atoms with Crippen molar-refractivity contribution in [3.8, 4) is 0 Å². The number of aliphatic hydroxyl groups excluding tert-OH is 1. The van der Waals surface area contributed by atoms with Crippen LogP contribution in [0.4, 0.5) is 0 Å². The smallest absolute Gasteiger partial charge is 0.0794 e. The van der Waals surface area contributed by atoms with Crippen molar-refractivity contribution in [1.29, 1.82) is 0 Å². The molecule has 1 aliphatic rings. The summed E-state index contributed by atoms with van der Waals surface area (Å²) in [4.78, 5) is 2.16. The third-order valence-corrected chi connectivity index (χ3v) is 1.89. The fourth-order valence-corrected chi connectivity index (χ4v) is 1.29. The predicted molar refractivity (Wildman–Crippen MR) is 39.9 cm³/mol. The van der Waals surface area contributed by atoms with Gasteiger partial charge < -0.3 is 5.11 Å². The maximum absolute atomic E-state index is 8.98. The summed E-state index contributed by atoms with van der Waals surface area (Å²) in [6.45, 7) is 2.45. The van der Waals surface area contributed by atoms with Crippen LogP contribution in [0.5, 0.6) is 0 Å². The average Bonchev–Trinajstić information content (AvgIpc) is 2.36. The van der Waals surface area contributed by atoms with Crippen LogP contribution in [0, 0.1) is 0 Å². The molecule has 0 saturated carbocycles. The molecule has 1 saturated heterocycles. The molecule has 1 aliphatic heterocycles. The molecule has 4 nitrogen and oxygen atoms in total. The standard InChI is InChI=1S/C7H11N3O/c11-7-4-10(5-7)3-6-1-2-8-9-6/h1-2,7,11H,3-5H2,(H,8,9). The number of aromatic nitrogens is 2. The SMILES string of the molecule is OC1CN(Cc2ccn[nH]2)C1. The lowest BCUT2D eigenvalue weighted by molar-refractivity contribution is -0.00354. The number of hydrogen-bond donors (Lipinski definition) is 2. The summed E-state index contributed by atoms with van der Waals surface area (Å²) in [6.07, 6.45) is 1.63. The Morgan fingerprint density at radius 2 is 2.55 bits per heavy atom. The molecule has 2 rings (SSSR count). The van der Waals surface area contributed by atoms with Crippen LogP contribution in [0.3, 0.4) is 0 Å². The van der Waals surface area contributed by atoms with Crippen LogP contribution in [0.25, 0.3) is 0 Å². The van der Waals surface area contributed by atoms with E-state index < -0.39 is 0 Å². The molecule has 0 aliphatic carbocycles. The minimum atomic E-state index is -0.113. The fraction of sp³-hybridized carbons (Fsp3) is 0.571. The number of nitrogens with one attached hydrogen (secondary N) is 1. The molecule has 1 aromatic rings. The molecule has 0 atom stereocenters. The average molecular weight is 153 g/mol. The molecule has 1 fully saturated rings. The van der Waals surface area contributed by atoms with Gasteiger partial charge in [0.25, 0.3) is 0 Å². The zero-order valence-electron chi connectivity index (χ0n) is 6.20. The Labute approximate surface area is 64.8 Å². The summed E-state index contributed by atoms with van der Waals surface area (Å²) in [6, 6.07) is 1.95. The lowest BCUT2D eigenvalue weighted by atomic mass is 10.1. The number of β-amino-alcohol motifs (C(OH)–C–C–N with tert-alkyl or cyclic N) is 1. The summed E-state index contributed by atoms with van der Waals surface area (Å²) in [5.74, 6) is 0. The van der Waals surface area contributed by atoms with Crippen molar-refractivity contribution in [3.63, 3.8) is 0 Å². The molecule has 2 heterocycles. The van der Waals surface area contributed by atoms with Crippen molar-refractivity contribution in [3.05, 3.63) is 18.0 Å². The first-order chi connectivity index (χ1) is 5.34. The third-order valence-electron chi connectivity index (χ3n) is 1.89. The molecule has 0 bridgehead atoms. The quantitative estimate of drug-likeness (QED) is 0.607. The van der Waals surface area contributed by atoms with E-state index in [-0.39, 0.29) is 6.10 Å². The summed E-state index contributed by atoms with van der Waals surface area (Å²) in [5, 5.41) is 15.7. The number of hydrogen-bond acceptors (Lipinski definition) is 3. The Hall–Kier alpha value is -0.870. The topological polar surface area (TPSA) is 52.1 Å². The second-order valence-corrected chi connectivity index (χ2v) is 2.93. The van der Waals surface area contributed by atoms with Crippen LogP contribution in [0.15, 0.2) is 12.3 Å². The van der Waals surface area contributed by atoms with Crippen LogP contribution < -0.4 is 0 Å². The second kappa shape index (κ2) is 2.64. The molecule has 2 N–H and O–H groups in total. The highest BCUT2D eigenvalue weighted by Crippen LogP contribution is 2.10. The van der Waals surface area contributed by atoms with Crippen molar-refractivity contribution in [2.24, 2.45) is 0 Å². The third kappa shape index (κ3) is 1.41. The van der Waals surface area contributed by atoms with E-state index in [4.69, 9.17) is 5.11 Å². The van der Waals surface area contributed by atoms with Crippen LogP contribution in [-0.2, 0) is 6.54 Å². The van der Waals surface area contributed by atoms with Gasteiger partial charge in [-0.05, 0) is 6.07 Å². The van der Waals surface area contributed by atoms with Crippen molar-refractivity contribution >= 4 is 0 Å². The lowest BCUT2D eigenvalue weighted by Crippen LogP contribution is -2.49. The summed E-state index contributed by atoms with van der Waals surface area (Å²) < 4.78 is 0. The van der Waals surface area contributed by atoms with Crippen molar-refractivity contribution < 1.29 is 5.11 Å². The van der Waals surface area contributed by atoms with E-state index in [2.05, 4.69) is 15.1 Å². The molecule has 11 heavy (non-hydrogen) atoms. The summed E-state index contributed by atoms with van der Waals surface area (Å²) in [7, 11) is 0. The highest BCUT2D eigenvalue weighted by molar-refractivity contribution is 4.98. The first-order valence-corrected chi connectivity index (χ1v) is 3.73. The summed E-state index contributed by atoms with van der Waals surface area (Å²) >= 11 is 0. The monoisotopic (exact) mass is 153 g/mol. The van der Waals surface area contributed by atoms with E-state index in [0.29, 0.717) is 0 Å². The Kier molecular flexibility index (Phi) is 1.63. The maximum Gasteiger partial charge on any atom is 0.0794 e. The van der Waals surface area contributed by atoms with Gasteiger partial charge in [0.1, 0.15) is 0 Å².